The first-order valence-electron chi connectivity index (χ1n) is 6.33. The van der Waals surface area contributed by atoms with E-state index >= 15 is 0 Å². The number of H-pyrrole nitrogens is 1. The number of hydrogen-bond acceptors (Lipinski definition) is 3. The summed E-state index contributed by atoms with van der Waals surface area (Å²) in [6.07, 6.45) is 6.17. The molecule has 1 saturated carbocycles. The Bertz CT molecular complexity index is 392. The summed E-state index contributed by atoms with van der Waals surface area (Å²) in [5, 5.41) is 0. The van der Waals surface area contributed by atoms with E-state index in [1.807, 2.05) is 0 Å². The van der Waals surface area contributed by atoms with E-state index in [0.29, 0.717) is 18.8 Å². The standard InChI is InChI=1S/C13H20N2O2/c1-9-13(10-5-3-4-6-10)15-11(14-9)7-8-12(16)17-2/h10H,3-8H2,1-2H3,(H,14,15). The Hall–Kier alpha value is -1.32. The third kappa shape index (κ3) is 2.87. The molecule has 94 valence electrons. The summed E-state index contributed by atoms with van der Waals surface area (Å²) in [5.41, 5.74) is 2.37. The zero-order valence-electron chi connectivity index (χ0n) is 10.6. The van der Waals surface area contributed by atoms with Crippen molar-refractivity contribution in [3.8, 4) is 0 Å². The molecule has 0 amide bonds. The fourth-order valence-electron chi connectivity index (χ4n) is 2.58. The fraction of sp³-hybridized carbons (Fsp3) is 0.692. The zero-order chi connectivity index (χ0) is 12.3. The Balaban J connectivity index is 2.00. The lowest BCUT2D eigenvalue weighted by Crippen LogP contribution is -2.03. The molecular weight excluding hydrogens is 216 g/mol. The van der Waals surface area contributed by atoms with Crippen molar-refractivity contribution in [1.29, 1.82) is 0 Å². The van der Waals surface area contributed by atoms with Gasteiger partial charge in [0, 0.05) is 18.0 Å². The number of carbonyl (C=O) groups is 1. The van der Waals surface area contributed by atoms with Gasteiger partial charge in [-0.15, -0.1) is 0 Å². The fourth-order valence-corrected chi connectivity index (χ4v) is 2.58. The van der Waals surface area contributed by atoms with Crippen LogP contribution in [-0.4, -0.2) is 23.0 Å². The van der Waals surface area contributed by atoms with Crippen LogP contribution in [0.5, 0.6) is 0 Å². The molecule has 0 radical (unpaired) electrons. The average Bonchev–Trinajstić information content (AvgIpc) is 2.94. The first-order chi connectivity index (χ1) is 8.20. The monoisotopic (exact) mass is 236 g/mol. The quantitative estimate of drug-likeness (QED) is 0.817. The topological polar surface area (TPSA) is 55.0 Å². The van der Waals surface area contributed by atoms with Gasteiger partial charge in [0.25, 0.3) is 0 Å². The Labute approximate surface area is 102 Å². The van der Waals surface area contributed by atoms with E-state index < -0.39 is 0 Å². The van der Waals surface area contributed by atoms with Gasteiger partial charge in [-0.05, 0) is 19.8 Å². The Morgan fingerprint density at radius 3 is 2.82 bits per heavy atom. The minimum Gasteiger partial charge on any atom is -0.469 e. The number of nitrogens with one attached hydrogen (secondary N) is 1. The summed E-state index contributed by atoms with van der Waals surface area (Å²) in [7, 11) is 1.42. The van der Waals surface area contributed by atoms with Gasteiger partial charge in [-0.1, -0.05) is 12.8 Å². The molecule has 0 atom stereocenters. The number of methoxy groups -OCH3 is 1. The van der Waals surface area contributed by atoms with Crippen molar-refractivity contribution in [1.82, 2.24) is 9.97 Å². The SMILES string of the molecule is COC(=O)CCc1nc(C2CCCC2)c(C)[nH]1. The van der Waals surface area contributed by atoms with Gasteiger partial charge in [-0.2, -0.15) is 0 Å². The number of carbonyl (C=O) groups excluding carboxylic acids is 1. The number of esters is 1. The molecule has 1 aliphatic carbocycles. The van der Waals surface area contributed by atoms with Crippen LogP contribution >= 0.6 is 0 Å². The molecule has 1 fully saturated rings. The van der Waals surface area contributed by atoms with Crippen LogP contribution in [0.2, 0.25) is 0 Å². The summed E-state index contributed by atoms with van der Waals surface area (Å²) < 4.78 is 4.63. The van der Waals surface area contributed by atoms with E-state index in [0.717, 1.165) is 11.5 Å². The summed E-state index contributed by atoms with van der Waals surface area (Å²) in [4.78, 5) is 19.0. The Morgan fingerprint density at radius 1 is 1.47 bits per heavy atom. The number of aryl methyl sites for hydroxylation is 2. The number of hydrogen-bond donors (Lipinski definition) is 1. The molecular formula is C13H20N2O2. The van der Waals surface area contributed by atoms with Gasteiger partial charge in [-0.3, -0.25) is 4.79 Å². The van der Waals surface area contributed by atoms with Crippen molar-refractivity contribution in [2.75, 3.05) is 7.11 Å². The highest BCUT2D eigenvalue weighted by Crippen LogP contribution is 2.34. The second-order valence-electron chi connectivity index (χ2n) is 4.75. The van der Waals surface area contributed by atoms with Gasteiger partial charge in [0.2, 0.25) is 0 Å². The number of imidazole rings is 1. The molecule has 0 aliphatic heterocycles. The number of ether oxygens (including phenoxy) is 1. The van der Waals surface area contributed by atoms with E-state index in [-0.39, 0.29) is 5.97 Å². The molecule has 2 rings (SSSR count). The number of rotatable bonds is 4. The molecule has 0 aromatic carbocycles. The van der Waals surface area contributed by atoms with Crippen molar-refractivity contribution in [3.63, 3.8) is 0 Å². The molecule has 1 N–H and O–H groups in total. The maximum atomic E-state index is 11.1. The summed E-state index contributed by atoms with van der Waals surface area (Å²) in [5.74, 6) is 1.36. The van der Waals surface area contributed by atoms with Crippen LogP contribution in [0.25, 0.3) is 0 Å². The van der Waals surface area contributed by atoms with E-state index in [2.05, 4.69) is 21.6 Å². The summed E-state index contributed by atoms with van der Waals surface area (Å²) in [6, 6.07) is 0. The average molecular weight is 236 g/mol. The third-order valence-electron chi connectivity index (χ3n) is 3.51. The first kappa shape index (κ1) is 12.1. The number of nitrogens with zero attached hydrogens (tertiary/aromatic N) is 1. The van der Waals surface area contributed by atoms with Crippen LogP contribution in [0.3, 0.4) is 0 Å². The normalized spacial score (nSPS) is 16.4. The van der Waals surface area contributed by atoms with Crippen molar-refractivity contribution >= 4 is 5.97 Å². The highest BCUT2D eigenvalue weighted by molar-refractivity contribution is 5.69. The first-order valence-corrected chi connectivity index (χ1v) is 6.33. The minimum atomic E-state index is -0.179. The Kier molecular flexibility index (Phi) is 3.82. The van der Waals surface area contributed by atoms with Crippen LogP contribution in [0.15, 0.2) is 0 Å². The van der Waals surface area contributed by atoms with Gasteiger partial charge in [0.1, 0.15) is 5.82 Å². The minimum absolute atomic E-state index is 0.179. The number of aromatic amines is 1. The summed E-state index contributed by atoms with van der Waals surface area (Å²) >= 11 is 0. The molecule has 1 aliphatic rings. The van der Waals surface area contributed by atoms with Gasteiger partial charge < -0.3 is 9.72 Å². The van der Waals surface area contributed by atoms with Crippen molar-refractivity contribution in [2.24, 2.45) is 0 Å². The smallest absolute Gasteiger partial charge is 0.305 e. The summed E-state index contributed by atoms with van der Waals surface area (Å²) in [6.45, 7) is 2.07. The maximum absolute atomic E-state index is 11.1. The lowest BCUT2D eigenvalue weighted by atomic mass is 10.0. The van der Waals surface area contributed by atoms with E-state index in [1.165, 1.54) is 38.5 Å². The molecule has 17 heavy (non-hydrogen) atoms. The second-order valence-corrected chi connectivity index (χ2v) is 4.75. The molecule has 0 saturated heterocycles. The molecule has 1 heterocycles. The lowest BCUT2D eigenvalue weighted by Gasteiger charge is -2.05. The molecule has 0 bridgehead atoms. The van der Waals surface area contributed by atoms with Crippen molar-refractivity contribution in [3.05, 3.63) is 17.2 Å². The second kappa shape index (κ2) is 5.34. The Morgan fingerprint density at radius 2 is 2.18 bits per heavy atom. The van der Waals surface area contributed by atoms with Crippen molar-refractivity contribution < 1.29 is 9.53 Å². The van der Waals surface area contributed by atoms with Crippen LogP contribution < -0.4 is 0 Å². The lowest BCUT2D eigenvalue weighted by molar-refractivity contribution is -0.140. The van der Waals surface area contributed by atoms with Gasteiger partial charge >= 0.3 is 5.97 Å². The van der Waals surface area contributed by atoms with Gasteiger partial charge in [0.05, 0.1) is 19.2 Å². The number of aromatic nitrogens is 2. The predicted molar refractivity (Wildman–Crippen MR) is 64.9 cm³/mol. The largest absolute Gasteiger partial charge is 0.469 e. The van der Waals surface area contributed by atoms with E-state index in [9.17, 15) is 4.79 Å². The van der Waals surface area contributed by atoms with Gasteiger partial charge in [-0.25, -0.2) is 4.98 Å². The third-order valence-corrected chi connectivity index (χ3v) is 3.51. The van der Waals surface area contributed by atoms with E-state index in [1.54, 1.807) is 0 Å². The molecule has 1 aromatic heterocycles. The molecule has 0 spiro atoms. The molecule has 0 unspecified atom stereocenters. The highest BCUT2D eigenvalue weighted by Gasteiger charge is 2.22. The molecule has 1 aromatic rings. The van der Waals surface area contributed by atoms with Crippen LogP contribution in [0, 0.1) is 6.92 Å². The van der Waals surface area contributed by atoms with Crippen LogP contribution in [-0.2, 0) is 16.0 Å². The molecule has 4 heteroatoms. The van der Waals surface area contributed by atoms with Gasteiger partial charge in [0.15, 0.2) is 0 Å². The predicted octanol–water partition coefficient (Wildman–Crippen LogP) is 2.48. The van der Waals surface area contributed by atoms with Crippen LogP contribution in [0.1, 0.15) is 55.2 Å². The van der Waals surface area contributed by atoms with Crippen molar-refractivity contribution in [2.45, 2.75) is 51.4 Å². The molecule has 4 nitrogen and oxygen atoms in total. The van der Waals surface area contributed by atoms with E-state index in [4.69, 9.17) is 0 Å². The maximum Gasteiger partial charge on any atom is 0.305 e. The van der Waals surface area contributed by atoms with Crippen LogP contribution in [0.4, 0.5) is 0 Å². The highest BCUT2D eigenvalue weighted by atomic mass is 16.5. The zero-order valence-corrected chi connectivity index (χ0v) is 10.6.